The van der Waals surface area contributed by atoms with Crippen LogP contribution in [0.15, 0.2) is 6.20 Å². The standard InChI is InChI=1S/C14H23N5O2/c1-11-12(9-17-19(11)8-4-5-15)14(21)16-10-13(20)18-6-2-3-7-18/h9H,2-8,10,15H2,1H3,(H,16,21). The number of carbonyl (C=O) groups is 2. The normalized spacial score (nSPS) is 14.5. The van der Waals surface area contributed by atoms with E-state index < -0.39 is 0 Å². The zero-order valence-corrected chi connectivity index (χ0v) is 12.5. The molecule has 1 aliphatic rings. The van der Waals surface area contributed by atoms with Crippen LogP contribution in [0.25, 0.3) is 0 Å². The molecule has 0 aromatic carbocycles. The molecule has 1 aromatic heterocycles. The van der Waals surface area contributed by atoms with Crippen LogP contribution in [0.3, 0.4) is 0 Å². The third-order valence-corrected chi connectivity index (χ3v) is 3.78. The van der Waals surface area contributed by atoms with Gasteiger partial charge in [0.1, 0.15) is 0 Å². The van der Waals surface area contributed by atoms with Crippen molar-refractivity contribution in [3.63, 3.8) is 0 Å². The van der Waals surface area contributed by atoms with E-state index in [0.29, 0.717) is 18.7 Å². The topological polar surface area (TPSA) is 93.2 Å². The minimum absolute atomic E-state index is 0.0194. The molecule has 0 spiro atoms. The van der Waals surface area contributed by atoms with Crippen LogP contribution in [0.4, 0.5) is 0 Å². The molecule has 21 heavy (non-hydrogen) atoms. The van der Waals surface area contributed by atoms with Crippen molar-refractivity contribution >= 4 is 11.8 Å². The number of rotatable bonds is 6. The fraction of sp³-hybridized carbons (Fsp3) is 0.643. The fourth-order valence-corrected chi connectivity index (χ4v) is 2.47. The summed E-state index contributed by atoms with van der Waals surface area (Å²) in [7, 11) is 0. The van der Waals surface area contributed by atoms with E-state index in [-0.39, 0.29) is 18.4 Å². The predicted molar refractivity (Wildman–Crippen MR) is 78.8 cm³/mol. The second-order valence-electron chi connectivity index (χ2n) is 5.28. The maximum Gasteiger partial charge on any atom is 0.255 e. The molecule has 0 atom stereocenters. The molecule has 7 heteroatoms. The molecule has 0 bridgehead atoms. The van der Waals surface area contributed by atoms with Crippen LogP contribution in [-0.2, 0) is 11.3 Å². The molecule has 1 saturated heterocycles. The van der Waals surface area contributed by atoms with Gasteiger partial charge in [0.05, 0.1) is 18.3 Å². The summed E-state index contributed by atoms with van der Waals surface area (Å²) in [6.45, 7) is 4.77. The number of likely N-dealkylation sites (tertiary alicyclic amines) is 1. The van der Waals surface area contributed by atoms with Gasteiger partial charge in [0, 0.05) is 25.3 Å². The Balaban J connectivity index is 1.88. The van der Waals surface area contributed by atoms with Gasteiger partial charge in [-0.05, 0) is 32.7 Å². The Labute approximate surface area is 124 Å². The van der Waals surface area contributed by atoms with Crippen molar-refractivity contribution in [1.82, 2.24) is 20.0 Å². The van der Waals surface area contributed by atoms with Gasteiger partial charge in [-0.1, -0.05) is 0 Å². The molecule has 2 amide bonds. The maximum atomic E-state index is 12.1. The monoisotopic (exact) mass is 293 g/mol. The van der Waals surface area contributed by atoms with E-state index in [1.54, 1.807) is 15.8 Å². The summed E-state index contributed by atoms with van der Waals surface area (Å²) >= 11 is 0. The van der Waals surface area contributed by atoms with E-state index in [1.165, 1.54) is 0 Å². The zero-order valence-electron chi connectivity index (χ0n) is 12.5. The van der Waals surface area contributed by atoms with E-state index >= 15 is 0 Å². The van der Waals surface area contributed by atoms with Gasteiger partial charge in [-0.15, -0.1) is 0 Å². The van der Waals surface area contributed by atoms with Crippen molar-refractivity contribution in [2.75, 3.05) is 26.2 Å². The average molecular weight is 293 g/mol. The molecule has 2 heterocycles. The highest BCUT2D eigenvalue weighted by atomic mass is 16.2. The summed E-state index contributed by atoms with van der Waals surface area (Å²) in [4.78, 5) is 25.8. The molecule has 0 saturated carbocycles. The van der Waals surface area contributed by atoms with Gasteiger partial charge < -0.3 is 16.0 Å². The number of aryl methyl sites for hydroxylation is 1. The molecular weight excluding hydrogens is 270 g/mol. The first-order chi connectivity index (χ1) is 10.1. The molecule has 2 rings (SSSR count). The summed E-state index contributed by atoms with van der Waals surface area (Å²) in [5, 5.41) is 6.86. The lowest BCUT2D eigenvalue weighted by atomic mass is 10.2. The van der Waals surface area contributed by atoms with Crippen molar-refractivity contribution in [3.05, 3.63) is 17.5 Å². The van der Waals surface area contributed by atoms with Crippen LogP contribution < -0.4 is 11.1 Å². The van der Waals surface area contributed by atoms with Crippen LogP contribution in [-0.4, -0.2) is 52.7 Å². The van der Waals surface area contributed by atoms with Crippen molar-refractivity contribution in [3.8, 4) is 0 Å². The third kappa shape index (κ3) is 3.81. The van der Waals surface area contributed by atoms with Gasteiger partial charge >= 0.3 is 0 Å². The Bertz CT molecular complexity index is 505. The molecule has 0 radical (unpaired) electrons. The van der Waals surface area contributed by atoms with Crippen molar-refractivity contribution in [2.45, 2.75) is 32.7 Å². The number of nitrogens with two attached hydrogens (primary N) is 1. The number of hydrogen-bond donors (Lipinski definition) is 2. The highest BCUT2D eigenvalue weighted by Crippen LogP contribution is 2.09. The highest BCUT2D eigenvalue weighted by Gasteiger charge is 2.19. The first kappa shape index (κ1) is 15.5. The van der Waals surface area contributed by atoms with E-state index in [0.717, 1.165) is 38.0 Å². The van der Waals surface area contributed by atoms with Gasteiger partial charge in [0.2, 0.25) is 5.91 Å². The van der Waals surface area contributed by atoms with Crippen LogP contribution in [0, 0.1) is 6.92 Å². The Morgan fingerprint density at radius 3 is 2.76 bits per heavy atom. The van der Waals surface area contributed by atoms with Crippen molar-refractivity contribution in [1.29, 1.82) is 0 Å². The number of nitrogens with zero attached hydrogens (tertiary/aromatic N) is 3. The summed E-state index contributed by atoms with van der Waals surface area (Å²) in [6, 6.07) is 0. The van der Waals surface area contributed by atoms with Crippen LogP contribution in [0.5, 0.6) is 0 Å². The Morgan fingerprint density at radius 2 is 2.10 bits per heavy atom. The molecule has 0 aliphatic carbocycles. The van der Waals surface area contributed by atoms with Gasteiger partial charge in [0.25, 0.3) is 5.91 Å². The van der Waals surface area contributed by atoms with Gasteiger partial charge in [-0.3, -0.25) is 14.3 Å². The second kappa shape index (κ2) is 7.21. The highest BCUT2D eigenvalue weighted by molar-refractivity contribution is 5.97. The summed E-state index contributed by atoms with van der Waals surface area (Å²) < 4.78 is 1.77. The van der Waals surface area contributed by atoms with Gasteiger partial charge in [-0.2, -0.15) is 5.10 Å². The molecule has 0 unspecified atom stereocenters. The smallest absolute Gasteiger partial charge is 0.255 e. The maximum absolute atomic E-state index is 12.1. The minimum atomic E-state index is -0.251. The first-order valence-electron chi connectivity index (χ1n) is 7.42. The molecule has 7 nitrogen and oxygen atoms in total. The SMILES string of the molecule is Cc1c(C(=O)NCC(=O)N2CCCC2)cnn1CCCN. The van der Waals surface area contributed by atoms with Gasteiger partial charge in [-0.25, -0.2) is 0 Å². The molecular formula is C14H23N5O2. The molecule has 3 N–H and O–H groups in total. The number of aromatic nitrogens is 2. The van der Waals surface area contributed by atoms with E-state index in [4.69, 9.17) is 5.73 Å². The number of carbonyl (C=O) groups excluding carboxylic acids is 2. The number of amides is 2. The predicted octanol–water partition coefficient (Wildman–Crippen LogP) is -0.107. The van der Waals surface area contributed by atoms with Crippen LogP contribution in [0.1, 0.15) is 35.3 Å². The quantitative estimate of drug-likeness (QED) is 0.765. The van der Waals surface area contributed by atoms with E-state index in [2.05, 4.69) is 10.4 Å². The fourth-order valence-electron chi connectivity index (χ4n) is 2.47. The summed E-state index contributed by atoms with van der Waals surface area (Å²) in [6.07, 6.45) is 4.46. The zero-order chi connectivity index (χ0) is 15.2. The van der Waals surface area contributed by atoms with E-state index in [1.807, 2.05) is 6.92 Å². The Hall–Kier alpha value is -1.89. The molecule has 1 aliphatic heterocycles. The van der Waals surface area contributed by atoms with Crippen LogP contribution in [0.2, 0.25) is 0 Å². The lowest BCUT2D eigenvalue weighted by Crippen LogP contribution is -2.38. The largest absolute Gasteiger partial charge is 0.343 e. The summed E-state index contributed by atoms with van der Waals surface area (Å²) in [5.41, 5.74) is 6.79. The average Bonchev–Trinajstić information content (AvgIpc) is 3.12. The lowest BCUT2D eigenvalue weighted by molar-refractivity contribution is -0.129. The van der Waals surface area contributed by atoms with Crippen molar-refractivity contribution < 1.29 is 9.59 Å². The molecule has 1 fully saturated rings. The first-order valence-corrected chi connectivity index (χ1v) is 7.42. The minimum Gasteiger partial charge on any atom is -0.343 e. The molecule has 1 aromatic rings. The Morgan fingerprint density at radius 1 is 1.38 bits per heavy atom. The third-order valence-electron chi connectivity index (χ3n) is 3.78. The van der Waals surface area contributed by atoms with Crippen molar-refractivity contribution in [2.24, 2.45) is 5.73 Å². The summed E-state index contributed by atoms with van der Waals surface area (Å²) in [5.74, 6) is -0.270. The lowest BCUT2D eigenvalue weighted by Gasteiger charge is -2.15. The van der Waals surface area contributed by atoms with E-state index in [9.17, 15) is 9.59 Å². The van der Waals surface area contributed by atoms with Gasteiger partial charge in [0.15, 0.2) is 0 Å². The Kier molecular flexibility index (Phi) is 5.32. The number of hydrogen-bond acceptors (Lipinski definition) is 4. The van der Waals surface area contributed by atoms with Crippen LogP contribution >= 0.6 is 0 Å². The number of nitrogens with one attached hydrogen (secondary N) is 1. The second-order valence-corrected chi connectivity index (χ2v) is 5.28. The molecule has 116 valence electrons.